The molecule has 0 radical (unpaired) electrons. The first-order chi connectivity index (χ1) is 8.18. The lowest BCUT2D eigenvalue weighted by Crippen LogP contribution is -2.15. The molecule has 0 atom stereocenters. The fourth-order valence-corrected chi connectivity index (χ4v) is 1.51. The van der Waals surface area contributed by atoms with Crippen LogP contribution in [-0.4, -0.2) is 5.84 Å². The van der Waals surface area contributed by atoms with E-state index in [-0.39, 0.29) is 0 Å². The van der Waals surface area contributed by atoms with Gasteiger partial charge in [0, 0.05) is 5.56 Å². The van der Waals surface area contributed by atoms with Crippen molar-refractivity contribution in [1.82, 2.24) is 0 Å². The zero-order valence-corrected chi connectivity index (χ0v) is 9.30. The Bertz CT molecular complexity index is 547. The smallest absolute Gasteiger partial charge is 0.133 e. The van der Waals surface area contributed by atoms with Crippen molar-refractivity contribution < 1.29 is 0 Å². The second kappa shape index (κ2) is 4.57. The van der Waals surface area contributed by atoms with Crippen molar-refractivity contribution in [2.75, 3.05) is 11.5 Å². The summed E-state index contributed by atoms with van der Waals surface area (Å²) >= 11 is 0. The molecular weight excluding hydrogens is 212 g/mol. The van der Waals surface area contributed by atoms with Gasteiger partial charge in [-0.05, 0) is 24.3 Å². The highest BCUT2D eigenvalue weighted by Crippen LogP contribution is 2.20. The van der Waals surface area contributed by atoms with Crippen LogP contribution in [0.3, 0.4) is 0 Å². The lowest BCUT2D eigenvalue weighted by atomic mass is 10.1. The Balaban J connectivity index is 2.41. The van der Waals surface area contributed by atoms with Gasteiger partial charge in [-0.25, -0.2) is 4.99 Å². The Hall–Kier alpha value is -2.49. The van der Waals surface area contributed by atoms with Gasteiger partial charge in [0.2, 0.25) is 0 Å². The fraction of sp³-hybridized carbons (Fsp3) is 0. The maximum Gasteiger partial charge on any atom is 0.133 e. The number of aliphatic imine (C=N–C) groups is 1. The Labute approximate surface area is 99.8 Å². The Morgan fingerprint density at radius 1 is 0.882 bits per heavy atom. The molecule has 0 aliphatic carbocycles. The van der Waals surface area contributed by atoms with E-state index in [4.69, 9.17) is 17.2 Å². The summed E-state index contributed by atoms with van der Waals surface area (Å²) in [4.78, 5) is 4.29. The number of anilines is 2. The van der Waals surface area contributed by atoms with Crippen molar-refractivity contribution in [2.24, 2.45) is 10.7 Å². The summed E-state index contributed by atoms with van der Waals surface area (Å²) in [7, 11) is 0. The quantitative estimate of drug-likeness (QED) is 0.415. The second-order valence-corrected chi connectivity index (χ2v) is 3.64. The van der Waals surface area contributed by atoms with Gasteiger partial charge >= 0.3 is 0 Å². The average Bonchev–Trinajstić information content (AvgIpc) is 2.34. The van der Waals surface area contributed by atoms with Crippen molar-refractivity contribution in [3.05, 3.63) is 54.1 Å². The van der Waals surface area contributed by atoms with Gasteiger partial charge in [0.15, 0.2) is 0 Å². The first-order valence-electron chi connectivity index (χ1n) is 5.22. The van der Waals surface area contributed by atoms with Crippen LogP contribution in [0.1, 0.15) is 5.56 Å². The highest BCUT2D eigenvalue weighted by Gasteiger charge is 2.05. The second-order valence-electron chi connectivity index (χ2n) is 3.64. The van der Waals surface area contributed by atoms with E-state index in [0.717, 1.165) is 5.69 Å². The number of nitrogens with zero attached hydrogens (tertiary/aromatic N) is 1. The van der Waals surface area contributed by atoms with Crippen LogP contribution in [0.2, 0.25) is 0 Å². The van der Waals surface area contributed by atoms with Crippen LogP contribution in [0.5, 0.6) is 0 Å². The van der Waals surface area contributed by atoms with Gasteiger partial charge in [0.05, 0.1) is 17.1 Å². The number of amidine groups is 1. The van der Waals surface area contributed by atoms with Crippen LogP contribution >= 0.6 is 0 Å². The van der Waals surface area contributed by atoms with Crippen LogP contribution in [0.25, 0.3) is 0 Å². The van der Waals surface area contributed by atoms with Crippen LogP contribution in [0, 0.1) is 0 Å². The predicted octanol–water partition coefficient (Wildman–Crippen LogP) is 1.89. The first-order valence-corrected chi connectivity index (χ1v) is 5.22. The summed E-state index contributed by atoms with van der Waals surface area (Å²) in [5.74, 6) is 0.362. The summed E-state index contributed by atoms with van der Waals surface area (Å²) in [6.07, 6.45) is 0. The molecule has 0 fully saturated rings. The molecule has 0 saturated heterocycles. The van der Waals surface area contributed by atoms with E-state index in [1.807, 2.05) is 30.3 Å². The normalized spacial score (nSPS) is 11.4. The maximum absolute atomic E-state index is 5.91. The van der Waals surface area contributed by atoms with Gasteiger partial charge < -0.3 is 17.2 Å². The van der Waals surface area contributed by atoms with Crippen LogP contribution < -0.4 is 17.2 Å². The minimum atomic E-state index is 0.362. The number of hydrogen-bond acceptors (Lipinski definition) is 3. The Morgan fingerprint density at radius 3 is 2.29 bits per heavy atom. The minimum absolute atomic E-state index is 0.362. The molecule has 4 nitrogen and oxygen atoms in total. The van der Waals surface area contributed by atoms with Gasteiger partial charge in [0.1, 0.15) is 5.84 Å². The maximum atomic E-state index is 5.91. The van der Waals surface area contributed by atoms with Gasteiger partial charge in [0.25, 0.3) is 0 Å². The largest absolute Gasteiger partial charge is 0.397 e. The van der Waals surface area contributed by atoms with Crippen LogP contribution in [0.15, 0.2) is 53.5 Å². The van der Waals surface area contributed by atoms with Crippen LogP contribution in [0.4, 0.5) is 17.1 Å². The monoisotopic (exact) mass is 226 g/mol. The molecule has 17 heavy (non-hydrogen) atoms. The minimum Gasteiger partial charge on any atom is -0.397 e. The third kappa shape index (κ3) is 2.36. The van der Waals surface area contributed by atoms with Crippen molar-refractivity contribution in [3.8, 4) is 0 Å². The van der Waals surface area contributed by atoms with Crippen LogP contribution in [-0.2, 0) is 0 Å². The molecule has 86 valence electrons. The molecule has 6 N–H and O–H groups in total. The summed E-state index contributed by atoms with van der Waals surface area (Å²) in [6.45, 7) is 0. The lowest BCUT2D eigenvalue weighted by Gasteiger charge is -2.07. The molecule has 0 amide bonds. The van der Waals surface area contributed by atoms with Crippen molar-refractivity contribution >= 4 is 22.9 Å². The Morgan fingerprint density at radius 2 is 1.59 bits per heavy atom. The highest BCUT2D eigenvalue weighted by molar-refractivity contribution is 6.05. The molecule has 2 aromatic rings. The van der Waals surface area contributed by atoms with Crippen molar-refractivity contribution in [3.63, 3.8) is 0 Å². The third-order valence-corrected chi connectivity index (χ3v) is 2.42. The predicted molar refractivity (Wildman–Crippen MR) is 72.1 cm³/mol. The van der Waals surface area contributed by atoms with E-state index in [1.165, 1.54) is 0 Å². The summed E-state index contributed by atoms with van der Waals surface area (Å²) < 4.78 is 0. The van der Waals surface area contributed by atoms with Gasteiger partial charge in [-0.1, -0.05) is 24.3 Å². The van der Waals surface area contributed by atoms with Crippen molar-refractivity contribution in [2.45, 2.75) is 0 Å². The molecule has 4 heteroatoms. The summed E-state index contributed by atoms with van der Waals surface area (Å²) in [6, 6.07) is 14.8. The van der Waals surface area contributed by atoms with E-state index in [0.29, 0.717) is 22.8 Å². The SMILES string of the molecule is NC(=Nc1ccccc1)c1cccc(N)c1N. The molecule has 0 bridgehead atoms. The molecule has 0 saturated carbocycles. The molecule has 0 aromatic heterocycles. The zero-order valence-electron chi connectivity index (χ0n) is 9.30. The fourth-order valence-electron chi connectivity index (χ4n) is 1.51. The molecule has 0 aliphatic rings. The average molecular weight is 226 g/mol. The number of hydrogen-bond donors (Lipinski definition) is 3. The highest BCUT2D eigenvalue weighted by atomic mass is 14.9. The molecule has 0 unspecified atom stereocenters. The van der Waals surface area contributed by atoms with Gasteiger partial charge in [-0.3, -0.25) is 0 Å². The van der Waals surface area contributed by atoms with Crippen molar-refractivity contribution in [1.29, 1.82) is 0 Å². The topological polar surface area (TPSA) is 90.4 Å². The van der Waals surface area contributed by atoms with E-state index in [9.17, 15) is 0 Å². The lowest BCUT2D eigenvalue weighted by molar-refractivity contribution is 1.45. The molecular formula is C13H14N4. The zero-order chi connectivity index (χ0) is 12.3. The number of para-hydroxylation sites is 2. The molecule has 2 aromatic carbocycles. The summed E-state index contributed by atoms with van der Waals surface area (Å²) in [5.41, 5.74) is 19.9. The number of rotatable bonds is 2. The number of nitrogens with two attached hydrogens (primary N) is 3. The first kappa shape index (κ1) is 11.0. The van der Waals surface area contributed by atoms with E-state index in [2.05, 4.69) is 4.99 Å². The standard InChI is InChI=1S/C13H14N4/c14-11-8-4-7-10(12(11)15)13(16)17-9-5-2-1-3-6-9/h1-8H,14-15H2,(H2,16,17). The Kier molecular flexibility index (Phi) is 2.96. The molecule has 0 aliphatic heterocycles. The van der Waals surface area contributed by atoms with Gasteiger partial charge in [-0.2, -0.15) is 0 Å². The molecule has 2 rings (SSSR count). The van der Waals surface area contributed by atoms with E-state index >= 15 is 0 Å². The number of nitrogen functional groups attached to an aromatic ring is 2. The van der Waals surface area contributed by atoms with E-state index in [1.54, 1.807) is 18.2 Å². The number of benzene rings is 2. The summed E-state index contributed by atoms with van der Waals surface area (Å²) in [5, 5.41) is 0. The van der Waals surface area contributed by atoms with E-state index < -0.39 is 0 Å². The molecule has 0 spiro atoms. The third-order valence-electron chi connectivity index (χ3n) is 2.42. The molecule has 0 heterocycles. The van der Waals surface area contributed by atoms with Gasteiger partial charge in [-0.15, -0.1) is 0 Å².